The number of methoxy groups -OCH3 is 1. The van der Waals surface area contributed by atoms with Crippen molar-refractivity contribution in [1.82, 2.24) is 9.78 Å². The highest BCUT2D eigenvalue weighted by Crippen LogP contribution is 2.31. The summed E-state index contributed by atoms with van der Waals surface area (Å²) in [6.45, 7) is 2.02. The van der Waals surface area contributed by atoms with Gasteiger partial charge in [-0.15, -0.1) is 0 Å². The highest BCUT2D eigenvalue weighted by Gasteiger charge is 2.28. The fraction of sp³-hybridized carbons (Fsp3) is 0.238. The van der Waals surface area contributed by atoms with Crippen LogP contribution in [0.3, 0.4) is 0 Å². The number of anilines is 1. The van der Waals surface area contributed by atoms with Crippen LogP contribution >= 0.6 is 0 Å². The standard InChI is InChI=1S/C21H21N3O3S/c1-14-3-7-16(8-4-14)24-21(18-12-28(26)13-19(18)23-24)22-20(25)11-15-5-9-17(27-2)10-6-15/h3-10H,11-13H2,1-2H3,(H,22,25). The Labute approximate surface area is 166 Å². The molecule has 2 aromatic carbocycles. The zero-order chi connectivity index (χ0) is 19.7. The molecule has 0 aliphatic carbocycles. The molecule has 1 N–H and O–H groups in total. The first kappa shape index (κ1) is 18.4. The zero-order valence-electron chi connectivity index (χ0n) is 15.8. The number of aryl methyl sites for hydroxylation is 1. The Bertz CT molecular complexity index is 1040. The van der Waals surface area contributed by atoms with Gasteiger partial charge in [-0.25, -0.2) is 4.68 Å². The highest BCUT2D eigenvalue weighted by atomic mass is 32.2. The Morgan fingerprint density at radius 2 is 1.86 bits per heavy atom. The predicted molar refractivity (Wildman–Crippen MR) is 109 cm³/mol. The van der Waals surface area contributed by atoms with Crippen LogP contribution in [-0.2, 0) is 33.5 Å². The Hall–Kier alpha value is -2.93. The third kappa shape index (κ3) is 3.71. The van der Waals surface area contributed by atoms with Crippen LogP contribution in [0.5, 0.6) is 5.75 Å². The number of carbonyl (C=O) groups is 1. The Balaban J connectivity index is 1.61. The molecule has 0 radical (unpaired) electrons. The van der Waals surface area contributed by atoms with Crippen LogP contribution in [0.15, 0.2) is 48.5 Å². The summed E-state index contributed by atoms with van der Waals surface area (Å²) in [4.78, 5) is 12.7. The number of nitrogens with one attached hydrogen (secondary N) is 1. The Morgan fingerprint density at radius 3 is 2.54 bits per heavy atom. The van der Waals surface area contributed by atoms with E-state index < -0.39 is 10.8 Å². The number of carbonyl (C=O) groups excluding carboxylic acids is 1. The summed E-state index contributed by atoms with van der Waals surface area (Å²) in [6.07, 6.45) is 0.237. The van der Waals surface area contributed by atoms with Crippen molar-refractivity contribution in [1.29, 1.82) is 0 Å². The topological polar surface area (TPSA) is 73.2 Å². The van der Waals surface area contributed by atoms with E-state index in [9.17, 15) is 9.00 Å². The van der Waals surface area contributed by atoms with Crippen LogP contribution in [-0.4, -0.2) is 27.0 Å². The quantitative estimate of drug-likeness (QED) is 0.720. The van der Waals surface area contributed by atoms with E-state index in [1.54, 1.807) is 11.8 Å². The average Bonchev–Trinajstić information content (AvgIpc) is 3.20. The summed E-state index contributed by atoms with van der Waals surface area (Å²) in [7, 11) is 0.645. The normalized spacial score (nSPS) is 15.3. The summed E-state index contributed by atoms with van der Waals surface area (Å²) >= 11 is 0. The van der Waals surface area contributed by atoms with Crippen molar-refractivity contribution < 1.29 is 13.7 Å². The van der Waals surface area contributed by atoms with Crippen LogP contribution in [0.4, 0.5) is 5.82 Å². The minimum atomic E-state index is -0.964. The summed E-state index contributed by atoms with van der Waals surface area (Å²) in [5, 5.41) is 7.61. The van der Waals surface area contributed by atoms with Gasteiger partial charge in [-0.2, -0.15) is 5.10 Å². The van der Waals surface area contributed by atoms with E-state index in [0.29, 0.717) is 17.3 Å². The van der Waals surface area contributed by atoms with Crippen molar-refractivity contribution in [3.05, 3.63) is 70.9 Å². The fourth-order valence-electron chi connectivity index (χ4n) is 3.23. The van der Waals surface area contributed by atoms with Crippen molar-refractivity contribution in [2.75, 3.05) is 12.4 Å². The fourth-order valence-corrected chi connectivity index (χ4v) is 4.50. The summed E-state index contributed by atoms with van der Waals surface area (Å²) in [6, 6.07) is 15.3. The number of amides is 1. The van der Waals surface area contributed by atoms with Gasteiger partial charge < -0.3 is 10.1 Å². The van der Waals surface area contributed by atoms with E-state index >= 15 is 0 Å². The molecule has 6 nitrogen and oxygen atoms in total. The zero-order valence-corrected chi connectivity index (χ0v) is 16.6. The monoisotopic (exact) mass is 395 g/mol. The van der Waals surface area contributed by atoms with Gasteiger partial charge in [0.1, 0.15) is 11.6 Å². The molecule has 1 atom stereocenters. The minimum absolute atomic E-state index is 0.140. The maximum atomic E-state index is 12.7. The molecule has 0 bridgehead atoms. The summed E-state index contributed by atoms with van der Waals surface area (Å²) in [5.41, 5.74) is 4.56. The third-order valence-electron chi connectivity index (χ3n) is 4.73. The van der Waals surface area contributed by atoms with Gasteiger partial charge in [-0.1, -0.05) is 29.8 Å². The second kappa shape index (κ2) is 7.59. The molecule has 0 saturated carbocycles. The average molecular weight is 395 g/mol. The highest BCUT2D eigenvalue weighted by molar-refractivity contribution is 7.83. The Kier molecular flexibility index (Phi) is 5.00. The van der Waals surface area contributed by atoms with Crippen molar-refractivity contribution in [3.63, 3.8) is 0 Å². The molecule has 1 aliphatic rings. The lowest BCUT2D eigenvalue weighted by Crippen LogP contribution is -2.18. The van der Waals surface area contributed by atoms with Gasteiger partial charge in [0.2, 0.25) is 5.91 Å². The molecule has 0 spiro atoms. The molecule has 0 saturated heterocycles. The Morgan fingerprint density at radius 1 is 1.14 bits per heavy atom. The van der Waals surface area contributed by atoms with Gasteiger partial charge in [0.25, 0.3) is 0 Å². The number of fused-ring (bicyclic) bond motifs is 1. The van der Waals surface area contributed by atoms with Crippen LogP contribution in [0, 0.1) is 6.92 Å². The van der Waals surface area contributed by atoms with Crippen molar-refractivity contribution in [3.8, 4) is 11.4 Å². The van der Waals surface area contributed by atoms with Gasteiger partial charge in [0, 0.05) is 16.4 Å². The van der Waals surface area contributed by atoms with Gasteiger partial charge in [-0.3, -0.25) is 9.00 Å². The molecule has 3 aromatic rings. The first-order valence-electron chi connectivity index (χ1n) is 8.99. The van der Waals surface area contributed by atoms with Crippen LogP contribution in [0.25, 0.3) is 5.69 Å². The number of rotatable bonds is 5. The van der Waals surface area contributed by atoms with E-state index in [1.807, 2.05) is 55.5 Å². The van der Waals surface area contributed by atoms with Crippen molar-refractivity contribution >= 4 is 22.5 Å². The minimum Gasteiger partial charge on any atom is -0.497 e. The van der Waals surface area contributed by atoms with Crippen molar-refractivity contribution in [2.45, 2.75) is 24.9 Å². The van der Waals surface area contributed by atoms with E-state index in [4.69, 9.17) is 4.74 Å². The maximum absolute atomic E-state index is 12.7. The number of nitrogens with zero attached hydrogens (tertiary/aromatic N) is 2. The number of hydrogen-bond donors (Lipinski definition) is 1. The molecule has 28 heavy (non-hydrogen) atoms. The molecule has 7 heteroatoms. The van der Waals surface area contributed by atoms with Crippen LogP contribution in [0.1, 0.15) is 22.4 Å². The number of ether oxygens (including phenoxy) is 1. The second-order valence-electron chi connectivity index (χ2n) is 6.82. The van der Waals surface area contributed by atoms with Gasteiger partial charge in [0.05, 0.1) is 36.4 Å². The van der Waals surface area contributed by atoms with Gasteiger partial charge in [0.15, 0.2) is 0 Å². The summed E-state index contributed by atoms with van der Waals surface area (Å²) < 4.78 is 18.9. The molecule has 1 unspecified atom stereocenters. The first-order chi connectivity index (χ1) is 13.5. The number of benzene rings is 2. The third-order valence-corrected chi connectivity index (χ3v) is 5.94. The molecular formula is C21H21N3O3S. The summed E-state index contributed by atoms with van der Waals surface area (Å²) in [5.74, 6) is 2.07. The van der Waals surface area contributed by atoms with Gasteiger partial charge in [-0.05, 0) is 36.8 Å². The van der Waals surface area contributed by atoms with Gasteiger partial charge >= 0.3 is 0 Å². The molecule has 4 rings (SSSR count). The second-order valence-corrected chi connectivity index (χ2v) is 8.28. The molecule has 1 aliphatic heterocycles. The molecule has 2 heterocycles. The lowest BCUT2D eigenvalue weighted by molar-refractivity contribution is -0.115. The molecule has 1 aromatic heterocycles. The first-order valence-corrected chi connectivity index (χ1v) is 10.5. The van der Waals surface area contributed by atoms with Crippen LogP contribution < -0.4 is 10.1 Å². The number of aromatic nitrogens is 2. The lowest BCUT2D eigenvalue weighted by atomic mass is 10.1. The molecular weight excluding hydrogens is 374 g/mol. The number of hydrogen-bond acceptors (Lipinski definition) is 4. The largest absolute Gasteiger partial charge is 0.497 e. The van der Waals surface area contributed by atoms with E-state index in [0.717, 1.165) is 33.8 Å². The molecule has 1 amide bonds. The SMILES string of the molecule is COc1ccc(CC(=O)Nc2c3c(nn2-c2ccc(C)cc2)CS(=O)C3)cc1. The van der Waals surface area contributed by atoms with Crippen molar-refractivity contribution in [2.24, 2.45) is 0 Å². The molecule has 0 fully saturated rings. The van der Waals surface area contributed by atoms with Crippen LogP contribution in [0.2, 0.25) is 0 Å². The lowest BCUT2D eigenvalue weighted by Gasteiger charge is -2.11. The maximum Gasteiger partial charge on any atom is 0.229 e. The smallest absolute Gasteiger partial charge is 0.229 e. The van der Waals surface area contributed by atoms with E-state index in [1.165, 1.54) is 0 Å². The van der Waals surface area contributed by atoms with E-state index in [-0.39, 0.29) is 12.3 Å². The van der Waals surface area contributed by atoms with E-state index in [2.05, 4.69) is 10.4 Å². The predicted octanol–water partition coefficient (Wildman–Crippen LogP) is 3.13. The molecule has 144 valence electrons.